The van der Waals surface area contributed by atoms with Crippen LogP contribution in [0.15, 0.2) is 48.5 Å². The summed E-state index contributed by atoms with van der Waals surface area (Å²) in [5.41, 5.74) is 1.26. The van der Waals surface area contributed by atoms with Gasteiger partial charge in [0, 0.05) is 5.92 Å². The van der Waals surface area contributed by atoms with Crippen LogP contribution in [0.2, 0.25) is 0 Å². The van der Waals surface area contributed by atoms with Crippen LogP contribution in [0.3, 0.4) is 0 Å². The highest BCUT2D eigenvalue weighted by Gasteiger charge is 2.34. The minimum Gasteiger partial charge on any atom is -0.481 e. The molecule has 0 aliphatic heterocycles. The van der Waals surface area contributed by atoms with E-state index >= 15 is 0 Å². The van der Waals surface area contributed by atoms with E-state index in [0.717, 1.165) is 0 Å². The standard InChI is InChI=1S/C21H21F2NO3/c22-17-5-1-3-13(9-17)10-19(14-4-2-6-18(23)12-14)24-20(25)15-7-8-16(11-15)21(26)27/h1-6,9,12,15-16,19H,7-8,10-11H2,(H,24,25)(H,26,27)/t15-,16+,19?/m0/s1. The van der Waals surface area contributed by atoms with Gasteiger partial charge < -0.3 is 10.4 Å². The molecule has 6 heteroatoms. The first kappa shape index (κ1) is 19.0. The van der Waals surface area contributed by atoms with Gasteiger partial charge in [-0.15, -0.1) is 0 Å². The number of benzene rings is 2. The molecule has 1 saturated carbocycles. The largest absolute Gasteiger partial charge is 0.481 e. The van der Waals surface area contributed by atoms with Crippen LogP contribution in [0.1, 0.15) is 36.4 Å². The molecule has 1 fully saturated rings. The Morgan fingerprint density at radius 2 is 1.70 bits per heavy atom. The predicted octanol–water partition coefficient (Wildman–Crippen LogP) is 3.87. The number of carbonyl (C=O) groups excluding carboxylic acids is 1. The Morgan fingerprint density at radius 1 is 1.04 bits per heavy atom. The molecule has 0 radical (unpaired) electrons. The molecule has 27 heavy (non-hydrogen) atoms. The lowest BCUT2D eigenvalue weighted by atomic mass is 9.97. The van der Waals surface area contributed by atoms with Gasteiger partial charge in [0.15, 0.2) is 0 Å². The van der Waals surface area contributed by atoms with E-state index in [1.807, 2.05) is 0 Å². The lowest BCUT2D eigenvalue weighted by molar-refractivity contribution is -0.141. The van der Waals surface area contributed by atoms with E-state index in [0.29, 0.717) is 36.8 Å². The average Bonchev–Trinajstić information content (AvgIpc) is 3.12. The van der Waals surface area contributed by atoms with E-state index in [1.54, 1.807) is 24.3 Å². The van der Waals surface area contributed by atoms with Gasteiger partial charge in [0.1, 0.15) is 11.6 Å². The zero-order valence-corrected chi connectivity index (χ0v) is 14.7. The Kier molecular flexibility index (Phi) is 5.84. The zero-order valence-electron chi connectivity index (χ0n) is 14.7. The average molecular weight is 373 g/mol. The van der Waals surface area contributed by atoms with Gasteiger partial charge in [-0.1, -0.05) is 24.3 Å². The molecule has 0 heterocycles. The number of halogens is 2. The number of hydrogen-bond donors (Lipinski definition) is 2. The van der Waals surface area contributed by atoms with Crippen LogP contribution < -0.4 is 5.32 Å². The van der Waals surface area contributed by atoms with Crippen molar-refractivity contribution < 1.29 is 23.5 Å². The summed E-state index contributed by atoms with van der Waals surface area (Å²) < 4.78 is 27.2. The topological polar surface area (TPSA) is 66.4 Å². The minimum absolute atomic E-state index is 0.246. The summed E-state index contributed by atoms with van der Waals surface area (Å²) in [5.74, 6) is -2.81. The van der Waals surface area contributed by atoms with Gasteiger partial charge in [-0.05, 0) is 61.1 Å². The maximum Gasteiger partial charge on any atom is 0.306 e. The van der Waals surface area contributed by atoms with Crippen molar-refractivity contribution in [2.45, 2.75) is 31.7 Å². The van der Waals surface area contributed by atoms with Crippen LogP contribution in [0.4, 0.5) is 8.78 Å². The van der Waals surface area contributed by atoms with E-state index in [4.69, 9.17) is 5.11 Å². The Morgan fingerprint density at radius 3 is 2.33 bits per heavy atom. The smallest absolute Gasteiger partial charge is 0.306 e. The summed E-state index contributed by atoms with van der Waals surface area (Å²) in [5, 5.41) is 12.0. The summed E-state index contributed by atoms with van der Waals surface area (Å²) in [6, 6.07) is 11.5. The van der Waals surface area contributed by atoms with Crippen LogP contribution >= 0.6 is 0 Å². The summed E-state index contributed by atoms with van der Waals surface area (Å²) in [4.78, 5) is 23.8. The third-order valence-corrected chi connectivity index (χ3v) is 5.05. The highest BCUT2D eigenvalue weighted by Crippen LogP contribution is 2.32. The first-order valence-corrected chi connectivity index (χ1v) is 8.95. The maximum absolute atomic E-state index is 13.7. The van der Waals surface area contributed by atoms with Crippen molar-refractivity contribution in [1.82, 2.24) is 5.32 Å². The van der Waals surface area contributed by atoms with Crippen molar-refractivity contribution in [2.24, 2.45) is 11.8 Å². The predicted molar refractivity (Wildman–Crippen MR) is 95.9 cm³/mol. The summed E-state index contributed by atoms with van der Waals surface area (Å²) in [7, 11) is 0. The number of nitrogens with one attached hydrogen (secondary N) is 1. The van der Waals surface area contributed by atoms with E-state index in [2.05, 4.69) is 5.32 Å². The number of carboxylic acids is 1. The molecule has 3 rings (SSSR count). The molecular weight excluding hydrogens is 352 g/mol. The van der Waals surface area contributed by atoms with E-state index in [1.165, 1.54) is 24.3 Å². The molecule has 0 spiro atoms. The summed E-state index contributed by atoms with van der Waals surface area (Å²) >= 11 is 0. The summed E-state index contributed by atoms with van der Waals surface area (Å²) in [6.45, 7) is 0. The molecule has 2 aromatic rings. The number of carboxylic acid groups (broad SMARTS) is 1. The van der Waals surface area contributed by atoms with Crippen molar-refractivity contribution >= 4 is 11.9 Å². The van der Waals surface area contributed by atoms with Crippen LogP contribution in [0.25, 0.3) is 0 Å². The molecule has 2 N–H and O–H groups in total. The lowest BCUT2D eigenvalue weighted by Crippen LogP contribution is -2.34. The van der Waals surface area contributed by atoms with Gasteiger partial charge in [0.25, 0.3) is 0 Å². The molecule has 0 saturated heterocycles. The van der Waals surface area contributed by atoms with Crippen molar-refractivity contribution in [2.75, 3.05) is 0 Å². The van der Waals surface area contributed by atoms with Crippen molar-refractivity contribution in [3.05, 3.63) is 71.3 Å². The first-order valence-electron chi connectivity index (χ1n) is 8.95. The van der Waals surface area contributed by atoms with Crippen LogP contribution in [0.5, 0.6) is 0 Å². The van der Waals surface area contributed by atoms with Crippen LogP contribution in [0, 0.1) is 23.5 Å². The van der Waals surface area contributed by atoms with Crippen molar-refractivity contribution in [3.8, 4) is 0 Å². The fourth-order valence-corrected chi connectivity index (χ4v) is 3.61. The van der Waals surface area contributed by atoms with Crippen LogP contribution in [-0.4, -0.2) is 17.0 Å². The van der Waals surface area contributed by atoms with E-state index < -0.39 is 23.7 Å². The van der Waals surface area contributed by atoms with Crippen molar-refractivity contribution in [1.29, 1.82) is 0 Å². The molecular formula is C21H21F2NO3. The molecule has 0 aromatic heterocycles. The lowest BCUT2D eigenvalue weighted by Gasteiger charge is -2.22. The number of carbonyl (C=O) groups is 2. The Balaban J connectivity index is 1.77. The Labute approximate surface area is 156 Å². The number of hydrogen-bond acceptors (Lipinski definition) is 2. The van der Waals surface area contributed by atoms with E-state index in [9.17, 15) is 18.4 Å². The molecule has 1 aliphatic carbocycles. The molecule has 1 aliphatic rings. The van der Waals surface area contributed by atoms with Gasteiger partial charge in [0.05, 0.1) is 12.0 Å². The molecule has 1 unspecified atom stereocenters. The van der Waals surface area contributed by atoms with Gasteiger partial charge in [-0.3, -0.25) is 9.59 Å². The summed E-state index contributed by atoms with van der Waals surface area (Å²) in [6.07, 6.45) is 1.60. The van der Waals surface area contributed by atoms with Gasteiger partial charge >= 0.3 is 5.97 Å². The first-order chi connectivity index (χ1) is 12.9. The van der Waals surface area contributed by atoms with Gasteiger partial charge in [-0.2, -0.15) is 0 Å². The second-order valence-electron chi connectivity index (χ2n) is 7.00. The SMILES string of the molecule is O=C(O)[C@@H]1CC[C@H](C(=O)NC(Cc2cccc(F)c2)c2cccc(F)c2)C1. The Bertz CT molecular complexity index is 840. The fourth-order valence-electron chi connectivity index (χ4n) is 3.61. The molecule has 2 aromatic carbocycles. The highest BCUT2D eigenvalue weighted by atomic mass is 19.1. The quantitative estimate of drug-likeness (QED) is 0.808. The molecule has 4 nitrogen and oxygen atoms in total. The number of amides is 1. The number of rotatable bonds is 6. The van der Waals surface area contributed by atoms with Gasteiger partial charge in [-0.25, -0.2) is 8.78 Å². The minimum atomic E-state index is -0.883. The third kappa shape index (κ3) is 4.90. The van der Waals surface area contributed by atoms with Crippen LogP contribution in [-0.2, 0) is 16.0 Å². The molecule has 0 bridgehead atoms. The number of aliphatic carboxylic acids is 1. The fraction of sp³-hybridized carbons (Fsp3) is 0.333. The zero-order chi connectivity index (χ0) is 19.4. The molecule has 1 amide bonds. The van der Waals surface area contributed by atoms with E-state index in [-0.39, 0.29) is 17.6 Å². The Hall–Kier alpha value is -2.76. The highest BCUT2D eigenvalue weighted by molar-refractivity contribution is 5.81. The monoisotopic (exact) mass is 373 g/mol. The van der Waals surface area contributed by atoms with Gasteiger partial charge in [0.2, 0.25) is 5.91 Å². The van der Waals surface area contributed by atoms with Crippen molar-refractivity contribution in [3.63, 3.8) is 0 Å². The molecule has 142 valence electrons. The second kappa shape index (κ2) is 8.29. The molecule has 3 atom stereocenters. The maximum atomic E-state index is 13.7. The normalized spacial score (nSPS) is 20.2. The second-order valence-corrected chi connectivity index (χ2v) is 7.00. The third-order valence-electron chi connectivity index (χ3n) is 5.05.